The summed E-state index contributed by atoms with van der Waals surface area (Å²) < 4.78 is 5.26. The summed E-state index contributed by atoms with van der Waals surface area (Å²) in [6.07, 6.45) is 2.57. The van der Waals surface area contributed by atoms with Gasteiger partial charge in [-0.25, -0.2) is 0 Å². The summed E-state index contributed by atoms with van der Waals surface area (Å²) in [6.45, 7) is 1.40. The molecule has 1 aromatic heterocycles. The summed E-state index contributed by atoms with van der Waals surface area (Å²) in [7, 11) is 0. The SMILES string of the molecule is O=C(NCCc1ccc(Cl)cc1)C1CC(=O)N(Cc2ccco2)C1. The summed E-state index contributed by atoms with van der Waals surface area (Å²) in [5.41, 5.74) is 1.11. The van der Waals surface area contributed by atoms with Crippen LogP contribution in [0.2, 0.25) is 5.02 Å². The number of hydrogen-bond donors (Lipinski definition) is 1. The molecule has 126 valence electrons. The molecule has 1 fully saturated rings. The molecule has 24 heavy (non-hydrogen) atoms. The third-order valence-corrected chi connectivity index (χ3v) is 4.39. The van der Waals surface area contributed by atoms with Crippen LogP contribution in [-0.4, -0.2) is 29.8 Å². The van der Waals surface area contributed by atoms with E-state index in [2.05, 4.69) is 5.32 Å². The maximum absolute atomic E-state index is 12.2. The Balaban J connectivity index is 1.45. The number of hydrogen-bond acceptors (Lipinski definition) is 3. The second kappa shape index (κ2) is 7.53. The van der Waals surface area contributed by atoms with Crippen molar-refractivity contribution in [3.63, 3.8) is 0 Å². The number of furan rings is 1. The first-order valence-electron chi connectivity index (χ1n) is 7.94. The Morgan fingerprint density at radius 2 is 2.08 bits per heavy atom. The molecule has 0 aliphatic carbocycles. The van der Waals surface area contributed by atoms with Gasteiger partial charge in [0, 0.05) is 24.5 Å². The molecule has 5 nitrogen and oxygen atoms in total. The van der Waals surface area contributed by atoms with E-state index in [9.17, 15) is 9.59 Å². The molecular weight excluding hydrogens is 328 g/mol. The van der Waals surface area contributed by atoms with Crippen molar-refractivity contribution in [2.45, 2.75) is 19.4 Å². The predicted molar refractivity (Wildman–Crippen MR) is 90.4 cm³/mol. The van der Waals surface area contributed by atoms with Crippen molar-refractivity contribution in [3.8, 4) is 0 Å². The third kappa shape index (κ3) is 4.17. The highest BCUT2D eigenvalue weighted by Crippen LogP contribution is 2.20. The number of likely N-dealkylation sites (tertiary alicyclic amines) is 1. The van der Waals surface area contributed by atoms with Crippen molar-refractivity contribution >= 4 is 23.4 Å². The molecule has 1 aliphatic heterocycles. The van der Waals surface area contributed by atoms with Gasteiger partial charge >= 0.3 is 0 Å². The van der Waals surface area contributed by atoms with Gasteiger partial charge in [0.25, 0.3) is 0 Å². The van der Waals surface area contributed by atoms with Crippen molar-refractivity contribution in [2.24, 2.45) is 5.92 Å². The molecule has 2 amide bonds. The second-order valence-electron chi connectivity index (χ2n) is 5.92. The van der Waals surface area contributed by atoms with E-state index in [4.69, 9.17) is 16.0 Å². The van der Waals surface area contributed by atoms with E-state index in [0.29, 0.717) is 24.7 Å². The van der Waals surface area contributed by atoms with E-state index in [0.717, 1.165) is 17.7 Å². The van der Waals surface area contributed by atoms with E-state index in [1.54, 1.807) is 17.2 Å². The van der Waals surface area contributed by atoms with Gasteiger partial charge < -0.3 is 14.6 Å². The molecule has 6 heteroatoms. The Hall–Kier alpha value is -2.27. The van der Waals surface area contributed by atoms with Crippen molar-refractivity contribution in [2.75, 3.05) is 13.1 Å². The van der Waals surface area contributed by atoms with Crippen LogP contribution in [0.4, 0.5) is 0 Å². The Bertz CT molecular complexity index is 698. The maximum atomic E-state index is 12.2. The zero-order chi connectivity index (χ0) is 16.9. The lowest BCUT2D eigenvalue weighted by atomic mass is 10.1. The van der Waals surface area contributed by atoms with Gasteiger partial charge in [-0.15, -0.1) is 0 Å². The minimum absolute atomic E-state index is 0.00995. The highest BCUT2D eigenvalue weighted by Gasteiger charge is 2.34. The summed E-state index contributed by atoms with van der Waals surface area (Å²) in [4.78, 5) is 26.0. The summed E-state index contributed by atoms with van der Waals surface area (Å²) in [5.74, 6) is 0.355. The van der Waals surface area contributed by atoms with Gasteiger partial charge in [0.15, 0.2) is 0 Å². The first-order valence-corrected chi connectivity index (χ1v) is 8.32. The van der Waals surface area contributed by atoms with Crippen LogP contribution < -0.4 is 5.32 Å². The number of rotatable bonds is 6. The van der Waals surface area contributed by atoms with E-state index >= 15 is 0 Å². The lowest BCUT2D eigenvalue weighted by Crippen LogP contribution is -2.34. The lowest BCUT2D eigenvalue weighted by Gasteiger charge is -2.15. The van der Waals surface area contributed by atoms with E-state index in [1.807, 2.05) is 30.3 Å². The summed E-state index contributed by atoms with van der Waals surface area (Å²) >= 11 is 5.85. The predicted octanol–water partition coefficient (Wildman–Crippen LogP) is 2.64. The molecule has 0 spiro atoms. The monoisotopic (exact) mass is 346 g/mol. The van der Waals surface area contributed by atoms with Crippen LogP contribution in [0.1, 0.15) is 17.7 Å². The van der Waals surface area contributed by atoms with Crippen LogP contribution in [0.25, 0.3) is 0 Å². The fourth-order valence-corrected chi connectivity index (χ4v) is 2.94. The van der Waals surface area contributed by atoms with E-state index < -0.39 is 0 Å². The average molecular weight is 347 g/mol. The Morgan fingerprint density at radius 3 is 2.79 bits per heavy atom. The van der Waals surface area contributed by atoms with Gasteiger partial charge in [0.05, 0.1) is 18.7 Å². The number of nitrogens with zero attached hydrogens (tertiary/aromatic N) is 1. The molecule has 1 atom stereocenters. The third-order valence-electron chi connectivity index (χ3n) is 4.14. The van der Waals surface area contributed by atoms with Crippen molar-refractivity contribution in [1.82, 2.24) is 10.2 Å². The standard InChI is InChI=1S/C18H19ClN2O3/c19-15-5-3-13(4-6-15)7-8-20-18(23)14-10-17(22)21(11-14)12-16-2-1-9-24-16/h1-6,9,14H,7-8,10-12H2,(H,20,23). The van der Waals surface area contributed by atoms with E-state index in [-0.39, 0.29) is 24.2 Å². The second-order valence-corrected chi connectivity index (χ2v) is 6.36. The van der Waals surface area contributed by atoms with E-state index in [1.165, 1.54) is 0 Å². The van der Waals surface area contributed by atoms with Crippen LogP contribution in [0.15, 0.2) is 47.1 Å². The molecule has 1 aliphatic rings. The summed E-state index contributed by atoms with van der Waals surface area (Å²) in [5, 5.41) is 3.61. The lowest BCUT2D eigenvalue weighted by molar-refractivity contribution is -0.129. The smallest absolute Gasteiger partial charge is 0.225 e. The van der Waals surface area contributed by atoms with Crippen molar-refractivity contribution in [3.05, 3.63) is 59.0 Å². The molecule has 2 aromatic rings. The van der Waals surface area contributed by atoms with Crippen molar-refractivity contribution < 1.29 is 14.0 Å². The molecule has 0 radical (unpaired) electrons. The van der Waals surface area contributed by atoms with Crippen molar-refractivity contribution in [1.29, 1.82) is 0 Å². The van der Waals surface area contributed by atoms with Gasteiger partial charge in [-0.2, -0.15) is 0 Å². The number of halogens is 1. The van der Waals surface area contributed by atoms with Gasteiger partial charge in [0.1, 0.15) is 5.76 Å². The topological polar surface area (TPSA) is 62.6 Å². The highest BCUT2D eigenvalue weighted by molar-refractivity contribution is 6.30. The number of benzene rings is 1. The van der Waals surface area contributed by atoms with Crippen LogP contribution in [0.3, 0.4) is 0 Å². The zero-order valence-electron chi connectivity index (χ0n) is 13.2. The Morgan fingerprint density at radius 1 is 1.29 bits per heavy atom. The molecule has 1 unspecified atom stereocenters. The summed E-state index contributed by atoms with van der Waals surface area (Å²) in [6, 6.07) is 11.2. The van der Waals surface area contributed by atoms with Crippen LogP contribution in [0.5, 0.6) is 0 Å². The number of carbonyl (C=O) groups is 2. The highest BCUT2D eigenvalue weighted by atomic mass is 35.5. The fraction of sp³-hybridized carbons (Fsp3) is 0.333. The van der Waals surface area contributed by atoms with Gasteiger partial charge in [-0.3, -0.25) is 9.59 Å². The number of nitrogens with one attached hydrogen (secondary N) is 1. The van der Waals surface area contributed by atoms with Gasteiger partial charge in [0.2, 0.25) is 11.8 Å². The number of amides is 2. The molecule has 0 bridgehead atoms. The average Bonchev–Trinajstić information content (AvgIpc) is 3.20. The quantitative estimate of drug-likeness (QED) is 0.874. The molecular formula is C18H19ClN2O3. The minimum atomic E-state index is -0.294. The molecule has 2 heterocycles. The van der Waals surface area contributed by atoms with Crippen LogP contribution >= 0.6 is 11.6 Å². The molecule has 0 saturated carbocycles. The van der Waals surface area contributed by atoms with Gasteiger partial charge in [-0.05, 0) is 36.2 Å². The molecule has 3 rings (SSSR count). The molecule has 1 aromatic carbocycles. The molecule has 1 saturated heterocycles. The first kappa shape index (κ1) is 16.6. The number of carbonyl (C=O) groups excluding carboxylic acids is 2. The maximum Gasteiger partial charge on any atom is 0.225 e. The fourth-order valence-electron chi connectivity index (χ4n) is 2.82. The first-order chi connectivity index (χ1) is 11.6. The van der Waals surface area contributed by atoms with Gasteiger partial charge in [-0.1, -0.05) is 23.7 Å². The zero-order valence-corrected chi connectivity index (χ0v) is 14.0. The van der Waals surface area contributed by atoms with Crippen LogP contribution in [0, 0.1) is 5.92 Å². The molecule has 1 N–H and O–H groups in total. The normalized spacial score (nSPS) is 17.3. The Labute approximate surface area is 145 Å². The minimum Gasteiger partial charge on any atom is -0.467 e. The largest absolute Gasteiger partial charge is 0.467 e. The van der Waals surface area contributed by atoms with Crippen LogP contribution in [-0.2, 0) is 22.6 Å². The Kier molecular flexibility index (Phi) is 5.20.